The van der Waals surface area contributed by atoms with Gasteiger partial charge < -0.3 is 10.0 Å². The normalized spacial score (nSPS) is 10.8. The van der Waals surface area contributed by atoms with Crippen LogP contribution in [0.15, 0.2) is 79.3 Å². The second-order valence-corrected chi connectivity index (χ2v) is 6.60. The zero-order valence-electron chi connectivity index (χ0n) is 15.5. The number of carbonyl (C=O) groups excluding carboxylic acids is 1. The molecule has 0 spiro atoms. The fourth-order valence-corrected chi connectivity index (χ4v) is 3.12. The van der Waals surface area contributed by atoms with Gasteiger partial charge >= 0.3 is 5.97 Å². The van der Waals surface area contributed by atoms with Crippen LogP contribution in [0.5, 0.6) is 0 Å². The number of carboxylic acids is 1. The molecule has 0 saturated carbocycles. The lowest BCUT2D eigenvalue weighted by Crippen LogP contribution is -2.30. The fourth-order valence-electron chi connectivity index (χ4n) is 3.12. The van der Waals surface area contributed by atoms with Crippen LogP contribution in [-0.2, 0) is 13.1 Å². The summed E-state index contributed by atoms with van der Waals surface area (Å²) in [4.78, 5) is 30.4. The van der Waals surface area contributed by atoms with Crippen LogP contribution < -0.4 is 0 Å². The van der Waals surface area contributed by atoms with Gasteiger partial charge in [-0.05, 0) is 29.3 Å². The molecule has 0 fully saturated rings. The first-order valence-corrected chi connectivity index (χ1v) is 9.05. The summed E-state index contributed by atoms with van der Waals surface area (Å²) in [6.45, 7) is 0.738. The van der Waals surface area contributed by atoms with Gasteiger partial charge in [0.1, 0.15) is 5.56 Å². The van der Waals surface area contributed by atoms with E-state index >= 15 is 0 Å². The molecule has 2 aromatic carbocycles. The lowest BCUT2D eigenvalue weighted by molar-refractivity contribution is 0.0693. The molecular weight excluding hydrogens is 368 g/mol. The van der Waals surface area contributed by atoms with Gasteiger partial charge in [-0.3, -0.25) is 4.79 Å². The lowest BCUT2D eigenvalue weighted by atomic mass is 10.1. The predicted octanol–water partition coefficient (Wildman–Crippen LogP) is 3.27. The molecule has 4 rings (SSSR count). The highest BCUT2D eigenvalue weighted by molar-refractivity contribution is 5.99. The highest BCUT2D eigenvalue weighted by Crippen LogP contribution is 2.17. The van der Waals surface area contributed by atoms with Crippen LogP contribution in [0.3, 0.4) is 0 Å². The Morgan fingerprint density at radius 3 is 2.31 bits per heavy atom. The summed E-state index contributed by atoms with van der Waals surface area (Å²) in [5.74, 6) is -1.17. The van der Waals surface area contributed by atoms with E-state index in [4.69, 9.17) is 5.11 Å². The number of hydrogen-bond donors (Lipinski definition) is 1. The first-order valence-electron chi connectivity index (χ1n) is 9.05. The molecule has 7 nitrogen and oxygen atoms in total. The summed E-state index contributed by atoms with van der Waals surface area (Å²) in [5.41, 5.74) is 2.96. The zero-order chi connectivity index (χ0) is 20.2. The van der Waals surface area contributed by atoms with Crippen molar-refractivity contribution in [2.75, 3.05) is 0 Å². The van der Waals surface area contributed by atoms with E-state index in [2.05, 4.69) is 10.1 Å². The predicted molar refractivity (Wildman–Crippen MR) is 106 cm³/mol. The Labute approximate surface area is 166 Å². The molecule has 0 aliphatic rings. The Morgan fingerprint density at radius 2 is 1.62 bits per heavy atom. The summed E-state index contributed by atoms with van der Waals surface area (Å²) < 4.78 is 1.57. The molecule has 0 aliphatic carbocycles. The van der Waals surface area contributed by atoms with Crippen molar-refractivity contribution < 1.29 is 14.7 Å². The Hall–Kier alpha value is -4.00. The third kappa shape index (κ3) is 3.98. The van der Waals surface area contributed by atoms with Gasteiger partial charge in [-0.2, -0.15) is 5.10 Å². The second kappa shape index (κ2) is 7.93. The third-order valence-electron chi connectivity index (χ3n) is 4.59. The number of fused-ring (bicyclic) bond motifs is 1. The highest BCUT2D eigenvalue weighted by Gasteiger charge is 2.21. The minimum atomic E-state index is -0.980. The molecule has 144 valence electrons. The molecule has 4 aromatic rings. The molecule has 0 atom stereocenters. The first-order chi connectivity index (χ1) is 14.1. The van der Waals surface area contributed by atoms with Crippen molar-refractivity contribution in [3.05, 3.63) is 102 Å². The average Bonchev–Trinajstić information content (AvgIpc) is 3.18. The lowest BCUT2D eigenvalue weighted by Gasteiger charge is -2.23. The van der Waals surface area contributed by atoms with E-state index in [1.807, 2.05) is 30.3 Å². The van der Waals surface area contributed by atoms with Gasteiger partial charge in [0, 0.05) is 25.5 Å². The number of aromatic carboxylic acids is 1. The number of aromatic nitrogens is 3. The van der Waals surface area contributed by atoms with Gasteiger partial charge in [0.05, 0.1) is 11.8 Å². The van der Waals surface area contributed by atoms with Crippen LogP contribution in [0, 0.1) is 0 Å². The monoisotopic (exact) mass is 386 g/mol. The van der Waals surface area contributed by atoms with Crippen molar-refractivity contribution in [3.63, 3.8) is 0 Å². The molecule has 1 amide bonds. The smallest absolute Gasteiger partial charge is 0.335 e. The van der Waals surface area contributed by atoms with E-state index in [9.17, 15) is 9.59 Å². The molecular formula is C22H18N4O3. The number of rotatable bonds is 6. The van der Waals surface area contributed by atoms with E-state index < -0.39 is 5.97 Å². The third-order valence-corrected chi connectivity index (χ3v) is 4.59. The molecule has 1 N–H and O–H groups in total. The van der Waals surface area contributed by atoms with E-state index in [0.717, 1.165) is 11.1 Å². The molecule has 0 aliphatic heterocycles. The number of benzene rings is 2. The maximum absolute atomic E-state index is 13.3. The number of amides is 1. The van der Waals surface area contributed by atoms with Crippen LogP contribution in [0.1, 0.15) is 31.8 Å². The Bertz CT molecular complexity index is 1150. The van der Waals surface area contributed by atoms with E-state index in [1.165, 1.54) is 6.20 Å². The zero-order valence-corrected chi connectivity index (χ0v) is 15.5. The van der Waals surface area contributed by atoms with Gasteiger partial charge in [0.2, 0.25) is 0 Å². The quantitative estimate of drug-likeness (QED) is 0.549. The summed E-state index contributed by atoms with van der Waals surface area (Å²) in [5, 5.41) is 13.3. The van der Waals surface area contributed by atoms with Crippen molar-refractivity contribution in [2.24, 2.45) is 0 Å². The summed E-state index contributed by atoms with van der Waals surface area (Å²) >= 11 is 0. The van der Waals surface area contributed by atoms with Crippen LogP contribution in [-0.4, -0.2) is 36.5 Å². The number of hydrogen-bond acceptors (Lipinski definition) is 4. The standard InChI is InChI=1S/C22H18N4O3/c27-21(19-13-24-26-12-4-11-23-20(19)26)25(14-16-5-2-1-3-6-16)15-17-7-9-18(10-8-17)22(28)29/h1-13H,14-15H2,(H,28,29). The fraction of sp³-hybridized carbons (Fsp3) is 0.0909. The van der Waals surface area contributed by atoms with E-state index in [1.54, 1.807) is 52.1 Å². The molecule has 29 heavy (non-hydrogen) atoms. The number of nitrogens with zero attached hydrogens (tertiary/aromatic N) is 4. The summed E-state index contributed by atoms with van der Waals surface area (Å²) in [7, 11) is 0. The molecule has 7 heteroatoms. The van der Waals surface area contributed by atoms with Crippen LogP contribution in [0.4, 0.5) is 0 Å². The Kier molecular flexibility index (Phi) is 5.03. The molecule has 0 bridgehead atoms. The van der Waals surface area contributed by atoms with Crippen molar-refractivity contribution >= 4 is 17.5 Å². The maximum Gasteiger partial charge on any atom is 0.335 e. The van der Waals surface area contributed by atoms with Crippen molar-refractivity contribution in [2.45, 2.75) is 13.1 Å². The minimum Gasteiger partial charge on any atom is -0.478 e. The van der Waals surface area contributed by atoms with E-state index in [-0.39, 0.29) is 11.5 Å². The van der Waals surface area contributed by atoms with Crippen molar-refractivity contribution in [3.8, 4) is 0 Å². The molecule has 2 heterocycles. The van der Waals surface area contributed by atoms with Crippen LogP contribution in [0.25, 0.3) is 5.65 Å². The highest BCUT2D eigenvalue weighted by atomic mass is 16.4. The van der Waals surface area contributed by atoms with Crippen molar-refractivity contribution in [1.82, 2.24) is 19.5 Å². The average molecular weight is 386 g/mol. The second-order valence-electron chi connectivity index (χ2n) is 6.60. The molecule has 0 saturated heterocycles. The molecule has 0 unspecified atom stereocenters. The summed E-state index contributed by atoms with van der Waals surface area (Å²) in [6, 6.07) is 18.0. The van der Waals surface area contributed by atoms with Gasteiger partial charge in [-0.25, -0.2) is 14.3 Å². The van der Waals surface area contributed by atoms with Crippen molar-refractivity contribution in [1.29, 1.82) is 0 Å². The first kappa shape index (κ1) is 18.4. The van der Waals surface area contributed by atoms with Gasteiger partial charge in [-0.1, -0.05) is 42.5 Å². The number of carboxylic acid groups (broad SMARTS) is 1. The molecule has 2 aromatic heterocycles. The van der Waals surface area contributed by atoms with Crippen LogP contribution >= 0.6 is 0 Å². The summed E-state index contributed by atoms with van der Waals surface area (Å²) in [6.07, 6.45) is 4.89. The maximum atomic E-state index is 13.3. The van der Waals surface area contributed by atoms with Gasteiger partial charge in [0.15, 0.2) is 5.65 Å². The van der Waals surface area contributed by atoms with Gasteiger partial charge in [0.25, 0.3) is 5.91 Å². The minimum absolute atomic E-state index is 0.190. The molecule has 0 radical (unpaired) electrons. The Balaban J connectivity index is 1.66. The van der Waals surface area contributed by atoms with E-state index in [0.29, 0.717) is 24.3 Å². The number of carbonyl (C=O) groups is 2. The Morgan fingerprint density at radius 1 is 0.931 bits per heavy atom. The largest absolute Gasteiger partial charge is 0.478 e. The van der Waals surface area contributed by atoms with Gasteiger partial charge in [-0.15, -0.1) is 0 Å². The van der Waals surface area contributed by atoms with Crippen LogP contribution in [0.2, 0.25) is 0 Å². The SMILES string of the molecule is O=C(O)c1ccc(CN(Cc2ccccc2)C(=O)c2cnn3cccnc23)cc1. The topological polar surface area (TPSA) is 87.8 Å².